The number of benzene rings is 2. The topological polar surface area (TPSA) is 91.1 Å². The lowest BCUT2D eigenvalue weighted by molar-refractivity contribution is -0.139. The summed E-state index contributed by atoms with van der Waals surface area (Å²) in [6.07, 6.45) is 0.767. The molecule has 7 heteroatoms. The third-order valence-electron chi connectivity index (χ3n) is 4.95. The minimum Gasteiger partial charge on any atom is -0.493 e. The summed E-state index contributed by atoms with van der Waals surface area (Å²) in [5.41, 5.74) is 8.18. The van der Waals surface area contributed by atoms with Gasteiger partial charge in [0.15, 0.2) is 11.5 Å². The van der Waals surface area contributed by atoms with Gasteiger partial charge in [0, 0.05) is 6.54 Å². The van der Waals surface area contributed by atoms with Crippen molar-refractivity contribution >= 4 is 11.8 Å². The van der Waals surface area contributed by atoms with Gasteiger partial charge in [0.05, 0.1) is 27.8 Å². The van der Waals surface area contributed by atoms with Crippen molar-refractivity contribution in [1.29, 1.82) is 0 Å². The molecule has 0 spiro atoms. The van der Waals surface area contributed by atoms with Gasteiger partial charge in [0.25, 0.3) is 0 Å². The second-order valence-electron chi connectivity index (χ2n) is 6.55. The Balaban J connectivity index is 1.90. The Morgan fingerprint density at radius 2 is 1.71 bits per heavy atom. The molecule has 7 nitrogen and oxygen atoms in total. The van der Waals surface area contributed by atoms with Crippen LogP contribution in [0.1, 0.15) is 22.7 Å². The Labute approximate surface area is 164 Å². The second-order valence-corrected chi connectivity index (χ2v) is 6.55. The average molecular weight is 384 g/mol. The van der Waals surface area contributed by atoms with Gasteiger partial charge in [-0.3, -0.25) is 9.59 Å². The number of carbonyl (C=O) groups is 2. The fraction of sp³-hybridized carbons (Fsp3) is 0.333. The standard InChI is InChI=1S/C21H24N2O5/c1-26-16-10-13(11-17(27-2)20(16)28-3)12-18(24)23-9-8-14-6-4-5-7-15(14)19(23)21(22)25/h4-7,10-11,19H,8-9,12H2,1-3H3,(H2,22,25). The molecule has 1 aliphatic rings. The molecule has 3 rings (SSSR count). The molecule has 28 heavy (non-hydrogen) atoms. The number of nitrogens with zero attached hydrogens (tertiary/aromatic N) is 1. The fourth-order valence-electron chi connectivity index (χ4n) is 3.66. The minimum absolute atomic E-state index is 0.0860. The van der Waals surface area contributed by atoms with Crippen molar-refractivity contribution in [3.05, 3.63) is 53.1 Å². The van der Waals surface area contributed by atoms with E-state index in [4.69, 9.17) is 19.9 Å². The van der Waals surface area contributed by atoms with Crippen LogP contribution in [-0.2, 0) is 22.4 Å². The van der Waals surface area contributed by atoms with Gasteiger partial charge in [0.2, 0.25) is 17.6 Å². The van der Waals surface area contributed by atoms with Crippen LogP contribution in [-0.4, -0.2) is 44.6 Å². The number of fused-ring (bicyclic) bond motifs is 1. The quantitative estimate of drug-likeness (QED) is 0.821. The molecule has 1 atom stereocenters. The summed E-state index contributed by atoms with van der Waals surface area (Å²) < 4.78 is 16.0. The number of amides is 2. The zero-order chi connectivity index (χ0) is 20.3. The van der Waals surface area contributed by atoms with Gasteiger partial charge in [-0.05, 0) is 35.2 Å². The normalized spacial score (nSPS) is 15.5. The Kier molecular flexibility index (Phi) is 5.73. The van der Waals surface area contributed by atoms with E-state index < -0.39 is 11.9 Å². The molecule has 0 saturated heterocycles. The number of carbonyl (C=O) groups excluding carboxylic acids is 2. The highest BCUT2D eigenvalue weighted by atomic mass is 16.5. The van der Waals surface area contributed by atoms with Gasteiger partial charge in [-0.25, -0.2) is 0 Å². The summed E-state index contributed by atoms with van der Waals surface area (Å²) in [6.45, 7) is 0.438. The Morgan fingerprint density at radius 1 is 1.07 bits per heavy atom. The maximum Gasteiger partial charge on any atom is 0.244 e. The van der Waals surface area contributed by atoms with E-state index in [-0.39, 0.29) is 12.3 Å². The van der Waals surface area contributed by atoms with Gasteiger partial charge in [-0.15, -0.1) is 0 Å². The van der Waals surface area contributed by atoms with Crippen molar-refractivity contribution in [2.24, 2.45) is 5.73 Å². The molecule has 0 aliphatic carbocycles. The van der Waals surface area contributed by atoms with Gasteiger partial charge in [-0.2, -0.15) is 0 Å². The lowest BCUT2D eigenvalue weighted by Crippen LogP contribution is -2.46. The van der Waals surface area contributed by atoms with Crippen LogP contribution in [0.4, 0.5) is 0 Å². The van der Waals surface area contributed by atoms with Crippen LogP contribution >= 0.6 is 0 Å². The number of rotatable bonds is 6. The molecule has 148 valence electrons. The molecule has 2 aromatic carbocycles. The predicted octanol–water partition coefficient (Wildman–Crippen LogP) is 1.87. The molecule has 0 fully saturated rings. The summed E-state index contributed by atoms with van der Waals surface area (Å²) >= 11 is 0. The summed E-state index contributed by atoms with van der Waals surface area (Å²) in [6, 6.07) is 10.3. The van der Waals surface area contributed by atoms with E-state index in [1.165, 1.54) is 21.3 Å². The van der Waals surface area contributed by atoms with E-state index in [0.29, 0.717) is 35.8 Å². The van der Waals surface area contributed by atoms with Crippen LogP contribution in [0.2, 0.25) is 0 Å². The third-order valence-corrected chi connectivity index (χ3v) is 4.95. The number of ether oxygens (including phenoxy) is 3. The number of nitrogens with two attached hydrogens (primary N) is 1. The van der Waals surface area contributed by atoms with E-state index in [1.807, 2.05) is 24.3 Å². The minimum atomic E-state index is -0.764. The second kappa shape index (κ2) is 8.21. The number of hydrogen-bond acceptors (Lipinski definition) is 5. The highest BCUT2D eigenvalue weighted by Gasteiger charge is 2.34. The Hall–Kier alpha value is -3.22. The van der Waals surface area contributed by atoms with Crippen LogP contribution in [0.5, 0.6) is 17.2 Å². The van der Waals surface area contributed by atoms with E-state index in [9.17, 15) is 9.59 Å². The fourth-order valence-corrected chi connectivity index (χ4v) is 3.66. The number of primary amides is 1. The smallest absolute Gasteiger partial charge is 0.244 e. The SMILES string of the molecule is COc1cc(CC(=O)N2CCc3ccccc3C2C(N)=O)cc(OC)c1OC. The first-order chi connectivity index (χ1) is 13.5. The van der Waals surface area contributed by atoms with Crippen molar-refractivity contribution in [3.8, 4) is 17.2 Å². The predicted molar refractivity (Wildman–Crippen MR) is 104 cm³/mol. The number of methoxy groups -OCH3 is 3. The van der Waals surface area contributed by atoms with Gasteiger partial charge in [0.1, 0.15) is 6.04 Å². The molecular weight excluding hydrogens is 360 g/mol. The van der Waals surface area contributed by atoms with Crippen molar-refractivity contribution in [2.75, 3.05) is 27.9 Å². The maximum absolute atomic E-state index is 13.1. The first-order valence-electron chi connectivity index (χ1n) is 8.95. The highest BCUT2D eigenvalue weighted by Crippen LogP contribution is 2.38. The molecule has 1 aliphatic heterocycles. The Bertz CT molecular complexity index is 871. The maximum atomic E-state index is 13.1. The van der Waals surface area contributed by atoms with Crippen molar-refractivity contribution in [2.45, 2.75) is 18.9 Å². The molecule has 1 heterocycles. The van der Waals surface area contributed by atoms with Crippen LogP contribution in [0.3, 0.4) is 0 Å². The summed E-state index contributed by atoms with van der Waals surface area (Å²) in [5.74, 6) is 0.682. The molecule has 0 radical (unpaired) electrons. The highest BCUT2D eigenvalue weighted by molar-refractivity contribution is 5.89. The first kappa shape index (κ1) is 19.5. The zero-order valence-corrected chi connectivity index (χ0v) is 16.2. The molecule has 1 unspecified atom stereocenters. The lowest BCUT2D eigenvalue weighted by atomic mass is 9.91. The van der Waals surface area contributed by atoms with E-state index in [0.717, 1.165) is 11.1 Å². The molecule has 2 amide bonds. The number of hydrogen-bond donors (Lipinski definition) is 1. The van der Waals surface area contributed by atoms with E-state index >= 15 is 0 Å². The lowest BCUT2D eigenvalue weighted by Gasteiger charge is -2.35. The summed E-state index contributed by atoms with van der Waals surface area (Å²) in [4.78, 5) is 26.7. The molecule has 2 aromatic rings. The van der Waals surface area contributed by atoms with E-state index in [1.54, 1.807) is 17.0 Å². The zero-order valence-electron chi connectivity index (χ0n) is 16.2. The van der Waals surface area contributed by atoms with Gasteiger partial charge >= 0.3 is 0 Å². The van der Waals surface area contributed by atoms with Crippen molar-refractivity contribution in [3.63, 3.8) is 0 Å². The molecule has 0 saturated carbocycles. The monoisotopic (exact) mass is 384 g/mol. The van der Waals surface area contributed by atoms with Crippen LogP contribution in [0.25, 0.3) is 0 Å². The summed E-state index contributed by atoms with van der Waals surface area (Å²) in [7, 11) is 4.56. The first-order valence-corrected chi connectivity index (χ1v) is 8.95. The van der Waals surface area contributed by atoms with Gasteiger partial charge < -0.3 is 24.8 Å². The van der Waals surface area contributed by atoms with E-state index in [2.05, 4.69) is 0 Å². The summed E-state index contributed by atoms with van der Waals surface area (Å²) in [5, 5.41) is 0. The largest absolute Gasteiger partial charge is 0.493 e. The molecular formula is C21H24N2O5. The van der Waals surface area contributed by atoms with Crippen LogP contribution in [0.15, 0.2) is 36.4 Å². The Morgan fingerprint density at radius 3 is 2.29 bits per heavy atom. The van der Waals surface area contributed by atoms with Gasteiger partial charge in [-0.1, -0.05) is 24.3 Å². The average Bonchev–Trinajstić information content (AvgIpc) is 2.71. The molecule has 0 aromatic heterocycles. The van der Waals surface area contributed by atoms with Crippen LogP contribution < -0.4 is 19.9 Å². The third kappa shape index (κ3) is 3.60. The van der Waals surface area contributed by atoms with Crippen molar-refractivity contribution < 1.29 is 23.8 Å². The molecule has 0 bridgehead atoms. The molecule has 2 N–H and O–H groups in total. The van der Waals surface area contributed by atoms with Crippen LogP contribution in [0, 0.1) is 0 Å². The van der Waals surface area contributed by atoms with Crippen molar-refractivity contribution in [1.82, 2.24) is 4.90 Å².